The quantitative estimate of drug-likeness (QED) is 0.849. The Morgan fingerprint density at radius 1 is 1.32 bits per heavy atom. The second-order valence-electron chi connectivity index (χ2n) is 5.74. The molecular formula is C17H23N3O2. The number of aryl methyl sites for hydroxylation is 1. The van der Waals surface area contributed by atoms with E-state index in [1.165, 1.54) is 5.56 Å². The number of hydrogen-bond donors (Lipinski definition) is 0. The lowest BCUT2D eigenvalue weighted by atomic mass is 10.1. The molecule has 0 saturated carbocycles. The third kappa shape index (κ3) is 3.36. The SMILES string of the molecule is CCCc1noc(C(C)N2CCOC(c3ccccc3)C2)n1. The fourth-order valence-electron chi connectivity index (χ4n) is 2.81. The van der Waals surface area contributed by atoms with E-state index in [1.807, 2.05) is 6.07 Å². The van der Waals surface area contributed by atoms with Crippen molar-refractivity contribution in [3.05, 3.63) is 47.6 Å². The minimum atomic E-state index is 0.107. The lowest BCUT2D eigenvalue weighted by molar-refractivity contribution is -0.0469. The van der Waals surface area contributed by atoms with E-state index >= 15 is 0 Å². The maximum absolute atomic E-state index is 5.92. The normalized spacial score (nSPS) is 20.9. The van der Waals surface area contributed by atoms with Gasteiger partial charge in [0.25, 0.3) is 0 Å². The largest absolute Gasteiger partial charge is 0.371 e. The van der Waals surface area contributed by atoms with Crippen molar-refractivity contribution in [1.82, 2.24) is 15.0 Å². The summed E-state index contributed by atoms with van der Waals surface area (Å²) in [5.41, 5.74) is 1.22. The van der Waals surface area contributed by atoms with E-state index in [0.717, 1.165) is 38.4 Å². The number of hydrogen-bond acceptors (Lipinski definition) is 5. The predicted molar refractivity (Wildman–Crippen MR) is 83.4 cm³/mol. The number of morpholine rings is 1. The first-order chi connectivity index (χ1) is 10.8. The van der Waals surface area contributed by atoms with E-state index in [1.54, 1.807) is 0 Å². The lowest BCUT2D eigenvalue weighted by Gasteiger charge is -2.35. The first kappa shape index (κ1) is 15.2. The number of nitrogens with zero attached hydrogens (tertiary/aromatic N) is 3. The molecular weight excluding hydrogens is 278 g/mol. The molecule has 0 bridgehead atoms. The molecule has 0 N–H and O–H groups in total. The van der Waals surface area contributed by atoms with E-state index in [9.17, 15) is 0 Å². The molecule has 0 spiro atoms. The van der Waals surface area contributed by atoms with Gasteiger partial charge in [-0.15, -0.1) is 0 Å². The van der Waals surface area contributed by atoms with E-state index in [-0.39, 0.29) is 12.1 Å². The number of benzene rings is 1. The third-order valence-electron chi connectivity index (χ3n) is 4.13. The van der Waals surface area contributed by atoms with Crippen LogP contribution in [0.5, 0.6) is 0 Å². The first-order valence-corrected chi connectivity index (χ1v) is 8.01. The Labute approximate surface area is 131 Å². The second-order valence-corrected chi connectivity index (χ2v) is 5.74. The van der Waals surface area contributed by atoms with Crippen LogP contribution in [0, 0.1) is 0 Å². The van der Waals surface area contributed by atoms with Crippen LogP contribution < -0.4 is 0 Å². The highest BCUT2D eigenvalue weighted by Crippen LogP contribution is 2.27. The number of rotatable bonds is 5. The first-order valence-electron chi connectivity index (χ1n) is 8.01. The molecule has 0 amide bonds. The molecule has 0 radical (unpaired) electrons. The van der Waals surface area contributed by atoms with Crippen LogP contribution in [-0.2, 0) is 11.2 Å². The van der Waals surface area contributed by atoms with Crippen LogP contribution in [0.25, 0.3) is 0 Å². The van der Waals surface area contributed by atoms with Crippen LogP contribution in [0.15, 0.2) is 34.9 Å². The van der Waals surface area contributed by atoms with E-state index < -0.39 is 0 Å². The van der Waals surface area contributed by atoms with Gasteiger partial charge in [-0.05, 0) is 18.9 Å². The van der Waals surface area contributed by atoms with Gasteiger partial charge in [0, 0.05) is 19.5 Å². The van der Waals surface area contributed by atoms with Crippen molar-refractivity contribution in [3.8, 4) is 0 Å². The monoisotopic (exact) mass is 301 g/mol. The molecule has 2 aromatic rings. The molecule has 5 nitrogen and oxygen atoms in total. The van der Waals surface area contributed by atoms with Crippen molar-refractivity contribution >= 4 is 0 Å². The Balaban J connectivity index is 1.68. The summed E-state index contributed by atoms with van der Waals surface area (Å²) in [6.07, 6.45) is 2.00. The van der Waals surface area contributed by atoms with Gasteiger partial charge in [0.1, 0.15) is 0 Å². The second kappa shape index (κ2) is 7.03. The van der Waals surface area contributed by atoms with Crippen LogP contribution in [-0.4, -0.2) is 34.7 Å². The van der Waals surface area contributed by atoms with Gasteiger partial charge in [0.05, 0.1) is 18.8 Å². The summed E-state index contributed by atoms with van der Waals surface area (Å²) in [5, 5.41) is 4.06. The summed E-state index contributed by atoms with van der Waals surface area (Å²) in [6, 6.07) is 10.5. The molecule has 0 aliphatic carbocycles. The molecule has 1 saturated heterocycles. The van der Waals surface area contributed by atoms with Gasteiger partial charge in [-0.3, -0.25) is 4.90 Å². The molecule has 2 heterocycles. The standard InChI is InChI=1S/C17H23N3O2/c1-3-7-16-18-17(22-19-16)13(2)20-10-11-21-15(12-20)14-8-5-4-6-9-14/h4-6,8-9,13,15H,3,7,10-12H2,1-2H3. The Morgan fingerprint density at radius 3 is 2.91 bits per heavy atom. The van der Waals surface area contributed by atoms with Gasteiger partial charge in [-0.2, -0.15) is 4.98 Å². The highest BCUT2D eigenvalue weighted by atomic mass is 16.5. The van der Waals surface area contributed by atoms with Crippen LogP contribution in [0.4, 0.5) is 0 Å². The molecule has 118 valence electrons. The highest BCUT2D eigenvalue weighted by molar-refractivity contribution is 5.18. The van der Waals surface area contributed by atoms with Crippen molar-refractivity contribution in [2.45, 2.75) is 38.8 Å². The van der Waals surface area contributed by atoms with Crippen LogP contribution in [0.1, 0.15) is 49.7 Å². The summed E-state index contributed by atoms with van der Waals surface area (Å²) in [7, 11) is 0. The fraction of sp³-hybridized carbons (Fsp3) is 0.529. The molecule has 2 atom stereocenters. The Kier molecular flexibility index (Phi) is 4.85. The Bertz CT molecular complexity index is 585. The summed E-state index contributed by atoms with van der Waals surface area (Å²) < 4.78 is 11.3. The topological polar surface area (TPSA) is 51.4 Å². The fourth-order valence-corrected chi connectivity index (χ4v) is 2.81. The number of ether oxygens (including phenoxy) is 1. The summed E-state index contributed by atoms with van der Waals surface area (Å²) >= 11 is 0. The minimum absolute atomic E-state index is 0.107. The van der Waals surface area contributed by atoms with Gasteiger partial charge in [0.2, 0.25) is 5.89 Å². The molecule has 22 heavy (non-hydrogen) atoms. The molecule has 5 heteroatoms. The summed E-state index contributed by atoms with van der Waals surface area (Å²) in [6.45, 7) is 6.69. The maximum Gasteiger partial charge on any atom is 0.243 e. The Morgan fingerprint density at radius 2 is 2.14 bits per heavy atom. The van der Waals surface area contributed by atoms with Crippen LogP contribution in [0.2, 0.25) is 0 Å². The van der Waals surface area contributed by atoms with Crippen molar-refractivity contribution < 1.29 is 9.26 Å². The van der Waals surface area contributed by atoms with Gasteiger partial charge < -0.3 is 9.26 Å². The zero-order valence-corrected chi connectivity index (χ0v) is 13.2. The highest BCUT2D eigenvalue weighted by Gasteiger charge is 2.28. The van der Waals surface area contributed by atoms with E-state index in [2.05, 4.69) is 53.2 Å². The van der Waals surface area contributed by atoms with Crippen molar-refractivity contribution in [1.29, 1.82) is 0 Å². The van der Waals surface area contributed by atoms with Gasteiger partial charge in [-0.1, -0.05) is 42.4 Å². The number of aromatic nitrogens is 2. The average Bonchev–Trinajstić information content (AvgIpc) is 3.04. The predicted octanol–water partition coefficient (Wildman–Crippen LogP) is 3.16. The van der Waals surface area contributed by atoms with Crippen molar-refractivity contribution in [2.75, 3.05) is 19.7 Å². The molecule has 3 rings (SSSR count). The average molecular weight is 301 g/mol. The molecule has 1 aromatic carbocycles. The van der Waals surface area contributed by atoms with Gasteiger partial charge in [0.15, 0.2) is 5.82 Å². The van der Waals surface area contributed by atoms with Crippen molar-refractivity contribution in [3.63, 3.8) is 0 Å². The van der Waals surface area contributed by atoms with Crippen LogP contribution >= 0.6 is 0 Å². The molecule has 2 unspecified atom stereocenters. The zero-order valence-electron chi connectivity index (χ0n) is 13.2. The zero-order chi connectivity index (χ0) is 15.4. The smallest absolute Gasteiger partial charge is 0.243 e. The van der Waals surface area contributed by atoms with Crippen LogP contribution in [0.3, 0.4) is 0 Å². The minimum Gasteiger partial charge on any atom is -0.371 e. The Hall–Kier alpha value is -1.72. The lowest BCUT2D eigenvalue weighted by Crippen LogP contribution is -2.40. The third-order valence-corrected chi connectivity index (χ3v) is 4.13. The molecule has 1 aromatic heterocycles. The van der Waals surface area contributed by atoms with Gasteiger partial charge >= 0.3 is 0 Å². The summed E-state index contributed by atoms with van der Waals surface area (Å²) in [4.78, 5) is 6.86. The molecule has 1 aliphatic rings. The maximum atomic E-state index is 5.92. The summed E-state index contributed by atoms with van der Waals surface area (Å²) in [5.74, 6) is 1.51. The van der Waals surface area contributed by atoms with Crippen molar-refractivity contribution in [2.24, 2.45) is 0 Å². The van der Waals surface area contributed by atoms with E-state index in [0.29, 0.717) is 5.89 Å². The molecule has 1 aliphatic heterocycles. The van der Waals surface area contributed by atoms with Gasteiger partial charge in [-0.25, -0.2) is 0 Å². The molecule has 1 fully saturated rings. The van der Waals surface area contributed by atoms with E-state index in [4.69, 9.17) is 9.26 Å².